The van der Waals surface area contributed by atoms with Crippen LogP contribution in [0.15, 0.2) is 0 Å². The largest absolute Gasteiger partial charge is 0.368 e. The van der Waals surface area contributed by atoms with Crippen molar-refractivity contribution in [2.45, 2.75) is 37.6 Å². The van der Waals surface area contributed by atoms with Gasteiger partial charge in [0.1, 0.15) is 0 Å². The fraction of sp³-hybridized carbons (Fsp3) is 0.875. The molecule has 0 spiro atoms. The highest BCUT2D eigenvalue weighted by atomic mass is 35.5. The first-order chi connectivity index (χ1) is 5.92. The molecule has 0 aliphatic heterocycles. The van der Waals surface area contributed by atoms with E-state index in [1.54, 1.807) is 0 Å². The molecule has 14 heavy (non-hydrogen) atoms. The van der Waals surface area contributed by atoms with Gasteiger partial charge in [0.2, 0.25) is 11.8 Å². The van der Waals surface area contributed by atoms with Crippen LogP contribution in [-0.4, -0.2) is 17.9 Å². The number of carbonyl (C=O) groups is 1. The van der Waals surface area contributed by atoms with E-state index in [-0.39, 0.29) is 44.0 Å². The second-order valence-corrected chi connectivity index (χ2v) is 3.62. The van der Waals surface area contributed by atoms with Gasteiger partial charge in [-0.25, -0.2) is 8.78 Å². The van der Waals surface area contributed by atoms with Crippen LogP contribution >= 0.6 is 12.4 Å². The second kappa shape index (κ2) is 4.89. The van der Waals surface area contributed by atoms with Gasteiger partial charge in [-0.1, -0.05) is 0 Å². The van der Waals surface area contributed by atoms with Crippen LogP contribution in [0.5, 0.6) is 0 Å². The quantitative estimate of drug-likeness (QED) is 0.742. The van der Waals surface area contributed by atoms with Gasteiger partial charge in [-0.05, 0) is 18.8 Å². The molecule has 0 aromatic carbocycles. The highest BCUT2D eigenvalue weighted by Crippen LogP contribution is 2.36. The van der Waals surface area contributed by atoms with Crippen LogP contribution in [0.4, 0.5) is 8.78 Å². The number of nitrogens with two attached hydrogens (primary N) is 2. The van der Waals surface area contributed by atoms with Crippen LogP contribution in [0.2, 0.25) is 0 Å². The zero-order valence-corrected chi connectivity index (χ0v) is 8.53. The Balaban J connectivity index is 0.00000169. The first-order valence-electron chi connectivity index (χ1n) is 4.35. The number of carbonyl (C=O) groups excluding carboxylic acids is 1. The van der Waals surface area contributed by atoms with Crippen molar-refractivity contribution in [2.24, 2.45) is 17.4 Å². The Bertz CT molecular complexity index is 204. The molecule has 3 nitrogen and oxygen atoms in total. The molecule has 0 saturated heterocycles. The van der Waals surface area contributed by atoms with E-state index in [9.17, 15) is 13.6 Å². The maximum absolute atomic E-state index is 12.7. The molecule has 0 aromatic rings. The minimum atomic E-state index is -2.58. The molecule has 4 N–H and O–H groups in total. The summed E-state index contributed by atoms with van der Waals surface area (Å²) >= 11 is 0. The van der Waals surface area contributed by atoms with Crippen molar-refractivity contribution in [3.05, 3.63) is 0 Å². The van der Waals surface area contributed by atoms with Crippen LogP contribution in [0.25, 0.3) is 0 Å². The van der Waals surface area contributed by atoms with Gasteiger partial charge >= 0.3 is 0 Å². The molecule has 0 bridgehead atoms. The fourth-order valence-corrected chi connectivity index (χ4v) is 1.65. The van der Waals surface area contributed by atoms with Crippen molar-refractivity contribution in [1.82, 2.24) is 0 Å². The smallest absolute Gasteiger partial charge is 0.248 e. The lowest BCUT2D eigenvalue weighted by Gasteiger charge is -2.30. The van der Waals surface area contributed by atoms with E-state index in [0.717, 1.165) is 0 Å². The number of hydrogen-bond donors (Lipinski definition) is 2. The lowest BCUT2D eigenvalue weighted by Crippen LogP contribution is -2.45. The molecule has 1 fully saturated rings. The molecule has 0 unspecified atom stereocenters. The van der Waals surface area contributed by atoms with Crippen molar-refractivity contribution in [2.75, 3.05) is 0 Å². The minimum Gasteiger partial charge on any atom is -0.368 e. The summed E-state index contributed by atoms with van der Waals surface area (Å²) in [7, 11) is 0. The fourth-order valence-electron chi connectivity index (χ4n) is 1.65. The Morgan fingerprint density at radius 3 is 2.14 bits per heavy atom. The molecular formula is C8H15ClF2N2O. The first-order valence-corrected chi connectivity index (χ1v) is 4.35. The maximum atomic E-state index is 12.7. The van der Waals surface area contributed by atoms with Gasteiger partial charge < -0.3 is 11.5 Å². The Kier molecular flexibility index (Phi) is 4.74. The third kappa shape index (κ3) is 3.38. The standard InChI is InChI=1S/C8H14F2N2O.ClH/c9-8(10)3-1-5(2-4-8)6(11)7(12)13;/h5-6H,1-4,11H2,(H2,12,13);1H/t6-;/m0./s1. The number of amides is 1. The molecule has 0 aromatic heterocycles. The predicted octanol–water partition coefficient (Wildman–Crippen LogP) is 1.05. The Morgan fingerprint density at radius 1 is 1.36 bits per heavy atom. The predicted molar refractivity (Wildman–Crippen MR) is 51.3 cm³/mol. The average Bonchev–Trinajstić information content (AvgIpc) is 2.03. The van der Waals surface area contributed by atoms with Crippen molar-refractivity contribution < 1.29 is 13.6 Å². The Morgan fingerprint density at radius 2 is 1.79 bits per heavy atom. The average molecular weight is 229 g/mol. The summed E-state index contributed by atoms with van der Waals surface area (Å²) in [6, 6.07) is -0.768. The molecule has 0 heterocycles. The number of alkyl halides is 2. The van der Waals surface area contributed by atoms with Crippen LogP contribution in [0.3, 0.4) is 0 Å². The summed E-state index contributed by atoms with van der Waals surface area (Å²) in [5.74, 6) is -3.35. The molecule has 1 atom stereocenters. The third-order valence-electron chi connectivity index (χ3n) is 2.60. The molecule has 1 rings (SSSR count). The van der Waals surface area contributed by atoms with E-state index in [4.69, 9.17) is 11.5 Å². The van der Waals surface area contributed by atoms with E-state index in [0.29, 0.717) is 0 Å². The van der Waals surface area contributed by atoms with E-state index in [1.165, 1.54) is 0 Å². The summed E-state index contributed by atoms with van der Waals surface area (Å²) < 4.78 is 25.4. The van der Waals surface area contributed by atoms with E-state index < -0.39 is 17.9 Å². The van der Waals surface area contributed by atoms with Gasteiger partial charge in [0.15, 0.2) is 0 Å². The molecular weight excluding hydrogens is 214 g/mol. The zero-order chi connectivity index (χ0) is 10.1. The Hall–Kier alpha value is -0.420. The number of rotatable bonds is 2. The molecule has 6 heteroatoms. The monoisotopic (exact) mass is 228 g/mol. The van der Waals surface area contributed by atoms with Crippen molar-refractivity contribution in [3.8, 4) is 0 Å². The van der Waals surface area contributed by atoms with Gasteiger partial charge in [-0.15, -0.1) is 12.4 Å². The Labute approximate surface area is 87.6 Å². The van der Waals surface area contributed by atoms with E-state index in [2.05, 4.69) is 0 Å². The van der Waals surface area contributed by atoms with Crippen LogP contribution < -0.4 is 11.5 Å². The molecule has 1 aliphatic rings. The van der Waals surface area contributed by atoms with Gasteiger partial charge in [-0.2, -0.15) is 0 Å². The van der Waals surface area contributed by atoms with Gasteiger partial charge in [-0.3, -0.25) is 4.79 Å². The van der Waals surface area contributed by atoms with E-state index in [1.807, 2.05) is 0 Å². The molecule has 0 radical (unpaired) electrons. The van der Waals surface area contributed by atoms with Gasteiger partial charge in [0.05, 0.1) is 6.04 Å². The summed E-state index contributed by atoms with van der Waals surface area (Å²) in [6.07, 6.45) is 0.214. The van der Waals surface area contributed by atoms with Crippen molar-refractivity contribution in [1.29, 1.82) is 0 Å². The van der Waals surface area contributed by atoms with Crippen molar-refractivity contribution >= 4 is 18.3 Å². The van der Waals surface area contributed by atoms with Crippen LogP contribution in [0.1, 0.15) is 25.7 Å². The van der Waals surface area contributed by atoms with Crippen molar-refractivity contribution in [3.63, 3.8) is 0 Å². The highest BCUT2D eigenvalue weighted by Gasteiger charge is 2.37. The number of halogens is 3. The zero-order valence-electron chi connectivity index (χ0n) is 7.71. The number of primary amides is 1. The third-order valence-corrected chi connectivity index (χ3v) is 2.60. The topological polar surface area (TPSA) is 69.1 Å². The van der Waals surface area contributed by atoms with Crippen LogP contribution in [-0.2, 0) is 4.79 Å². The second-order valence-electron chi connectivity index (χ2n) is 3.62. The summed E-state index contributed by atoms with van der Waals surface area (Å²) in [4.78, 5) is 10.7. The summed E-state index contributed by atoms with van der Waals surface area (Å²) in [6.45, 7) is 0. The normalized spacial score (nSPS) is 23.6. The first kappa shape index (κ1) is 13.6. The summed E-state index contributed by atoms with van der Waals surface area (Å²) in [5.41, 5.74) is 10.4. The van der Waals surface area contributed by atoms with Gasteiger partial charge in [0.25, 0.3) is 0 Å². The van der Waals surface area contributed by atoms with E-state index >= 15 is 0 Å². The van der Waals surface area contributed by atoms with Gasteiger partial charge in [0, 0.05) is 12.8 Å². The lowest BCUT2D eigenvalue weighted by atomic mass is 9.82. The molecule has 1 amide bonds. The molecule has 1 aliphatic carbocycles. The SMILES string of the molecule is Cl.NC(=O)[C@@H](N)C1CCC(F)(F)CC1. The lowest BCUT2D eigenvalue weighted by molar-refractivity contribution is -0.122. The maximum Gasteiger partial charge on any atom is 0.248 e. The van der Waals surface area contributed by atoms with Crippen LogP contribution in [0, 0.1) is 5.92 Å². The number of hydrogen-bond acceptors (Lipinski definition) is 2. The molecule has 1 saturated carbocycles. The molecule has 84 valence electrons. The minimum absolute atomic E-state index is 0. The highest BCUT2D eigenvalue weighted by molar-refractivity contribution is 5.85. The summed E-state index contributed by atoms with van der Waals surface area (Å²) in [5, 5.41) is 0.